The van der Waals surface area contributed by atoms with Crippen LogP contribution in [0.3, 0.4) is 0 Å². The predicted molar refractivity (Wildman–Crippen MR) is 164 cm³/mol. The van der Waals surface area contributed by atoms with Gasteiger partial charge in [-0.2, -0.15) is 0 Å². The van der Waals surface area contributed by atoms with Gasteiger partial charge in [0.15, 0.2) is 0 Å². The molecule has 0 radical (unpaired) electrons. The molecule has 0 amide bonds. The second-order valence-corrected chi connectivity index (χ2v) is 10.8. The van der Waals surface area contributed by atoms with E-state index < -0.39 is 17.6 Å². The van der Waals surface area contributed by atoms with Crippen LogP contribution >= 0.6 is 11.6 Å². The molecule has 0 aliphatic rings. The average Bonchev–Trinajstić information content (AvgIpc) is 2.87. The first kappa shape index (κ1) is 37.4. The Morgan fingerprint density at radius 1 is 0.700 bits per heavy atom. The standard InChI is InChI=1S/C33H51ClO6/c1-8-38-33(37)40-31(35)22-20-28(6)17-12-16-26(4)14-9-10-18-29(7)30(23-24-39-32(34)36)21-19-27(5)15-11-13-25(2)3/h13-14,17-19,30H,8-12,15-16,20-24H2,1-7H3/b26-14+,27-19+,28-17+,29-18+. The summed E-state index contributed by atoms with van der Waals surface area (Å²) >= 11 is 5.35. The highest BCUT2D eigenvalue weighted by molar-refractivity contribution is 6.61. The quantitative estimate of drug-likeness (QED) is 0.0498. The summed E-state index contributed by atoms with van der Waals surface area (Å²) in [7, 11) is 0. The average molecular weight is 579 g/mol. The van der Waals surface area contributed by atoms with Gasteiger partial charge in [0.05, 0.1) is 13.2 Å². The van der Waals surface area contributed by atoms with Crippen LogP contribution in [-0.4, -0.2) is 30.8 Å². The Kier molecular flexibility index (Phi) is 21.6. The predicted octanol–water partition coefficient (Wildman–Crippen LogP) is 10.3. The Balaban J connectivity index is 4.70. The highest BCUT2D eigenvalue weighted by Gasteiger charge is 2.12. The van der Waals surface area contributed by atoms with Crippen molar-refractivity contribution >= 4 is 29.2 Å². The summed E-state index contributed by atoms with van der Waals surface area (Å²) in [5.41, 5.74) is 5.71. The monoisotopic (exact) mass is 578 g/mol. The number of carbonyl (C=O) groups excluding carboxylic acids is 3. The maximum atomic E-state index is 11.7. The molecule has 40 heavy (non-hydrogen) atoms. The van der Waals surface area contributed by atoms with Gasteiger partial charge in [-0.15, -0.1) is 0 Å². The van der Waals surface area contributed by atoms with E-state index in [9.17, 15) is 14.4 Å². The first-order chi connectivity index (χ1) is 18.9. The molecule has 0 aromatic carbocycles. The summed E-state index contributed by atoms with van der Waals surface area (Å²) in [6.45, 7) is 14.9. The van der Waals surface area contributed by atoms with E-state index in [-0.39, 0.29) is 13.0 Å². The molecule has 0 saturated heterocycles. The molecule has 0 aliphatic heterocycles. The van der Waals surface area contributed by atoms with E-state index in [1.165, 1.54) is 22.3 Å². The van der Waals surface area contributed by atoms with E-state index in [0.717, 1.165) is 56.9 Å². The molecule has 1 unspecified atom stereocenters. The maximum absolute atomic E-state index is 11.7. The van der Waals surface area contributed by atoms with Crippen LogP contribution in [0.1, 0.15) is 113 Å². The second kappa shape index (κ2) is 23.1. The minimum Gasteiger partial charge on any atom is -0.454 e. The SMILES string of the molecule is CCOC(=O)OC(=O)CC/C(C)=C/CC/C(C)=C/CC/C=C(\C)C(C/C=C(\C)CCC=C(C)C)CCOC(=O)Cl. The molecule has 0 N–H and O–H groups in total. The van der Waals surface area contributed by atoms with E-state index in [0.29, 0.717) is 18.9 Å². The third-order valence-electron chi connectivity index (χ3n) is 6.51. The fraction of sp³-hybridized carbons (Fsp3) is 0.606. The van der Waals surface area contributed by atoms with Crippen molar-refractivity contribution in [1.82, 2.24) is 0 Å². The van der Waals surface area contributed by atoms with Gasteiger partial charge in [-0.05, 0) is 112 Å². The number of halogens is 1. The third kappa shape index (κ3) is 22.2. The van der Waals surface area contributed by atoms with E-state index in [1.54, 1.807) is 6.92 Å². The zero-order valence-corrected chi connectivity index (χ0v) is 26.5. The molecule has 0 heterocycles. The molecule has 0 saturated carbocycles. The van der Waals surface area contributed by atoms with Gasteiger partial charge in [0, 0.05) is 18.0 Å². The number of hydrogen-bond donors (Lipinski definition) is 0. The number of carbonyl (C=O) groups is 3. The van der Waals surface area contributed by atoms with Gasteiger partial charge >= 0.3 is 17.6 Å². The molecule has 226 valence electrons. The van der Waals surface area contributed by atoms with Crippen LogP contribution in [0.2, 0.25) is 0 Å². The van der Waals surface area contributed by atoms with E-state index in [1.807, 2.05) is 6.92 Å². The largest absolute Gasteiger partial charge is 0.516 e. The van der Waals surface area contributed by atoms with Gasteiger partial charge in [0.2, 0.25) is 0 Å². The maximum Gasteiger partial charge on any atom is 0.516 e. The molecule has 1 atom stereocenters. The summed E-state index contributed by atoms with van der Waals surface area (Å²) in [4.78, 5) is 33.8. The van der Waals surface area contributed by atoms with Gasteiger partial charge < -0.3 is 14.2 Å². The van der Waals surface area contributed by atoms with Crippen LogP contribution < -0.4 is 0 Å². The van der Waals surface area contributed by atoms with Gasteiger partial charge in [-0.1, -0.05) is 58.2 Å². The summed E-state index contributed by atoms with van der Waals surface area (Å²) in [6, 6.07) is 0. The van der Waals surface area contributed by atoms with Crippen LogP contribution in [0.25, 0.3) is 0 Å². The first-order valence-electron chi connectivity index (χ1n) is 14.4. The topological polar surface area (TPSA) is 78.9 Å². The number of rotatable bonds is 19. The molecular formula is C33H51ClO6. The Morgan fingerprint density at radius 3 is 1.90 bits per heavy atom. The highest BCUT2D eigenvalue weighted by Crippen LogP contribution is 2.23. The minimum absolute atomic E-state index is 0.155. The molecule has 0 aromatic rings. The fourth-order valence-corrected chi connectivity index (χ4v) is 4.07. The number of ether oxygens (including phenoxy) is 3. The van der Waals surface area contributed by atoms with Crippen LogP contribution in [0.4, 0.5) is 9.59 Å². The molecule has 0 aliphatic carbocycles. The van der Waals surface area contributed by atoms with Gasteiger partial charge in [-0.25, -0.2) is 9.59 Å². The fourth-order valence-electron chi connectivity index (χ4n) is 4.00. The minimum atomic E-state index is -0.940. The first-order valence-corrected chi connectivity index (χ1v) is 14.8. The molecule has 0 aromatic heterocycles. The van der Waals surface area contributed by atoms with Gasteiger partial charge in [0.25, 0.3) is 0 Å². The highest BCUT2D eigenvalue weighted by atomic mass is 35.5. The van der Waals surface area contributed by atoms with Crippen molar-refractivity contribution in [1.29, 1.82) is 0 Å². The number of esters is 1. The lowest BCUT2D eigenvalue weighted by Crippen LogP contribution is -2.13. The Morgan fingerprint density at radius 2 is 1.27 bits per heavy atom. The molecule has 0 rings (SSSR count). The summed E-state index contributed by atoms with van der Waals surface area (Å²) in [6.07, 6.45) is 18.6. The summed E-state index contributed by atoms with van der Waals surface area (Å²) in [5, 5.41) is 0. The smallest absolute Gasteiger partial charge is 0.454 e. The molecule has 6 nitrogen and oxygen atoms in total. The van der Waals surface area contributed by atoms with E-state index in [2.05, 4.69) is 74.5 Å². The van der Waals surface area contributed by atoms with Gasteiger partial charge in [0.1, 0.15) is 0 Å². The van der Waals surface area contributed by atoms with Crippen molar-refractivity contribution < 1.29 is 28.6 Å². The second-order valence-electron chi connectivity index (χ2n) is 10.5. The van der Waals surface area contributed by atoms with Gasteiger partial charge in [-0.3, -0.25) is 4.79 Å². The van der Waals surface area contributed by atoms with Crippen LogP contribution in [0, 0.1) is 5.92 Å². The van der Waals surface area contributed by atoms with Crippen LogP contribution in [-0.2, 0) is 19.0 Å². The Labute approximate surface area is 247 Å². The molecule has 0 fully saturated rings. The molecule has 0 bridgehead atoms. The van der Waals surface area contributed by atoms with E-state index in [4.69, 9.17) is 16.3 Å². The summed E-state index contributed by atoms with van der Waals surface area (Å²) < 4.78 is 14.2. The Hall–Kier alpha value is -2.60. The number of unbranched alkanes of at least 4 members (excludes halogenated alkanes) is 1. The summed E-state index contributed by atoms with van der Waals surface area (Å²) in [5.74, 6) is -0.263. The van der Waals surface area contributed by atoms with Crippen molar-refractivity contribution in [2.24, 2.45) is 5.92 Å². The lowest BCUT2D eigenvalue weighted by atomic mass is 9.91. The zero-order chi connectivity index (χ0) is 30.3. The lowest BCUT2D eigenvalue weighted by molar-refractivity contribution is -0.139. The zero-order valence-electron chi connectivity index (χ0n) is 25.8. The van der Waals surface area contributed by atoms with Crippen molar-refractivity contribution in [2.75, 3.05) is 13.2 Å². The normalized spacial score (nSPS) is 13.5. The molecule has 0 spiro atoms. The van der Waals surface area contributed by atoms with Crippen molar-refractivity contribution in [3.8, 4) is 0 Å². The number of hydrogen-bond acceptors (Lipinski definition) is 6. The number of allylic oxidation sites excluding steroid dienone is 10. The van der Waals surface area contributed by atoms with E-state index >= 15 is 0 Å². The Bertz CT molecular complexity index is 935. The van der Waals surface area contributed by atoms with Crippen molar-refractivity contribution in [3.05, 3.63) is 58.2 Å². The van der Waals surface area contributed by atoms with Crippen molar-refractivity contribution in [3.63, 3.8) is 0 Å². The van der Waals surface area contributed by atoms with Crippen LogP contribution in [0.5, 0.6) is 0 Å². The molecule has 7 heteroatoms. The van der Waals surface area contributed by atoms with Crippen LogP contribution in [0.15, 0.2) is 58.2 Å². The lowest BCUT2D eigenvalue weighted by Gasteiger charge is -2.17. The van der Waals surface area contributed by atoms with Crippen molar-refractivity contribution in [2.45, 2.75) is 113 Å². The third-order valence-corrected chi connectivity index (χ3v) is 6.62. The molecular weight excluding hydrogens is 528 g/mol.